The number of para-hydroxylation sites is 1. The summed E-state index contributed by atoms with van der Waals surface area (Å²) in [6, 6.07) is 28.4. The number of nitrogens with two attached hydrogens (primary N) is 3. The number of pyridine rings is 1. The van der Waals surface area contributed by atoms with E-state index in [0.29, 0.717) is 40.5 Å². The summed E-state index contributed by atoms with van der Waals surface area (Å²) in [6.45, 7) is 0.509. The molecule has 1 aromatic heterocycles. The van der Waals surface area contributed by atoms with E-state index in [1.807, 2.05) is 84.9 Å². The van der Waals surface area contributed by atoms with Gasteiger partial charge in [-0.15, -0.1) is 0 Å². The normalized spacial score (nSPS) is 11.5. The summed E-state index contributed by atoms with van der Waals surface area (Å²) in [6.07, 6.45) is 3.10. The lowest BCUT2D eigenvalue weighted by atomic mass is 10.0. The van der Waals surface area contributed by atoms with Gasteiger partial charge in [-0.05, 0) is 48.0 Å². The summed E-state index contributed by atoms with van der Waals surface area (Å²) >= 11 is 0. The number of anilines is 1. The number of allylic oxidation sites excluding steroid dienone is 1. The number of nitrogen functional groups attached to an aromatic ring is 2. The maximum Gasteiger partial charge on any atom is 0.127 e. The van der Waals surface area contributed by atoms with E-state index in [1.165, 1.54) is 6.20 Å². The minimum atomic E-state index is -0.169. The Morgan fingerprint density at radius 3 is 2.17 bits per heavy atom. The fraction of sp³-hybridized carbons (Fsp3) is 0.0357. The summed E-state index contributed by atoms with van der Waals surface area (Å²) in [7, 11) is 0. The van der Waals surface area contributed by atoms with Crippen molar-refractivity contribution in [2.45, 2.75) is 6.54 Å². The second-order valence-electron chi connectivity index (χ2n) is 7.75. The number of hydrogen-bond donors (Lipinski definition) is 4. The van der Waals surface area contributed by atoms with Crippen molar-refractivity contribution in [1.82, 2.24) is 4.98 Å². The van der Waals surface area contributed by atoms with Crippen LogP contribution in [0.1, 0.15) is 16.8 Å². The Balaban J connectivity index is 1.64. The average molecular weight is 463 g/mol. The summed E-state index contributed by atoms with van der Waals surface area (Å²) in [5, 5.41) is 8.05. The lowest BCUT2D eigenvalue weighted by Gasteiger charge is -2.14. The minimum absolute atomic E-state index is 0.169. The van der Waals surface area contributed by atoms with E-state index in [9.17, 15) is 0 Å². The van der Waals surface area contributed by atoms with Crippen LogP contribution in [0.5, 0.6) is 11.5 Å². The van der Waals surface area contributed by atoms with Gasteiger partial charge in [-0.2, -0.15) is 0 Å². The number of hydrogen-bond acceptors (Lipinski definition) is 6. The van der Waals surface area contributed by atoms with Crippen LogP contribution in [0.25, 0.3) is 16.8 Å². The van der Waals surface area contributed by atoms with Crippen molar-refractivity contribution in [1.29, 1.82) is 5.41 Å². The van der Waals surface area contributed by atoms with Crippen molar-refractivity contribution >= 4 is 23.3 Å². The van der Waals surface area contributed by atoms with Gasteiger partial charge in [-0.1, -0.05) is 48.5 Å². The molecule has 0 radical (unpaired) electrons. The standard InChI is InChI=1S/C28H26N6O/c29-16-21(18-33-17-19-7-3-1-4-8-19)25-15-24(30)26(28(31)32)27(34-25)20-11-13-23(14-12-20)35-22-9-5-2-6-10-22/h1-16,18H,17,29H2,(H2,30,34)(H3,31,32). The van der Waals surface area contributed by atoms with Gasteiger partial charge in [0.25, 0.3) is 0 Å². The summed E-state index contributed by atoms with van der Waals surface area (Å²) < 4.78 is 5.88. The molecule has 0 unspecified atom stereocenters. The van der Waals surface area contributed by atoms with E-state index in [4.69, 9.17) is 32.3 Å². The molecule has 7 N–H and O–H groups in total. The van der Waals surface area contributed by atoms with Gasteiger partial charge in [-0.25, -0.2) is 4.98 Å². The molecule has 1 heterocycles. The molecule has 0 aliphatic carbocycles. The van der Waals surface area contributed by atoms with E-state index in [2.05, 4.69) is 4.99 Å². The highest BCUT2D eigenvalue weighted by Crippen LogP contribution is 2.31. The van der Waals surface area contributed by atoms with Crippen LogP contribution in [0.3, 0.4) is 0 Å². The van der Waals surface area contributed by atoms with Crippen LogP contribution in [0.2, 0.25) is 0 Å². The smallest absolute Gasteiger partial charge is 0.127 e. The van der Waals surface area contributed by atoms with Crippen LogP contribution in [0, 0.1) is 5.41 Å². The monoisotopic (exact) mass is 462 g/mol. The molecule has 3 aromatic carbocycles. The van der Waals surface area contributed by atoms with Crippen molar-refractivity contribution in [2.24, 2.45) is 16.5 Å². The molecule has 7 nitrogen and oxygen atoms in total. The predicted molar refractivity (Wildman–Crippen MR) is 142 cm³/mol. The number of nitrogens with one attached hydrogen (secondary N) is 1. The largest absolute Gasteiger partial charge is 0.457 e. The van der Waals surface area contributed by atoms with Crippen molar-refractivity contribution in [3.05, 3.63) is 114 Å². The van der Waals surface area contributed by atoms with E-state index < -0.39 is 0 Å². The summed E-state index contributed by atoms with van der Waals surface area (Å²) in [4.78, 5) is 9.25. The van der Waals surface area contributed by atoms with Crippen LogP contribution in [-0.2, 0) is 6.54 Å². The first-order valence-corrected chi connectivity index (χ1v) is 11.0. The van der Waals surface area contributed by atoms with Crippen molar-refractivity contribution < 1.29 is 4.74 Å². The number of aromatic nitrogens is 1. The van der Waals surface area contributed by atoms with Gasteiger partial charge in [-0.3, -0.25) is 10.4 Å². The number of benzene rings is 3. The van der Waals surface area contributed by atoms with E-state index in [-0.39, 0.29) is 5.84 Å². The highest BCUT2D eigenvalue weighted by Gasteiger charge is 2.17. The van der Waals surface area contributed by atoms with Gasteiger partial charge >= 0.3 is 0 Å². The number of aliphatic imine (C=N–C) groups is 1. The summed E-state index contributed by atoms with van der Waals surface area (Å²) in [5.74, 6) is 1.24. The van der Waals surface area contributed by atoms with Gasteiger partial charge < -0.3 is 21.9 Å². The molecule has 0 saturated carbocycles. The molecular weight excluding hydrogens is 436 g/mol. The van der Waals surface area contributed by atoms with Crippen LogP contribution >= 0.6 is 0 Å². The highest BCUT2D eigenvalue weighted by molar-refractivity contribution is 6.11. The van der Waals surface area contributed by atoms with Crippen LogP contribution in [0.15, 0.2) is 102 Å². The number of ether oxygens (including phenoxy) is 1. The van der Waals surface area contributed by atoms with Gasteiger partial charge in [0.1, 0.15) is 17.3 Å². The fourth-order valence-electron chi connectivity index (χ4n) is 3.54. The van der Waals surface area contributed by atoms with Crippen molar-refractivity contribution in [3.8, 4) is 22.8 Å². The molecule has 0 saturated heterocycles. The zero-order chi connectivity index (χ0) is 24.6. The van der Waals surface area contributed by atoms with Crippen molar-refractivity contribution in [3.63, 3.8) is 0 Å². The quantitative estimate of drug-likeness (QED) is 0.216. The predicted octanol–water partition coefficient (Wildman–Crippen LogP) is 4.98. The lowest BCUT2D eigenvalue weighted by molar-refractivity contribution is 0.483. The first-order chi connectivity index (χ1) is 17.0. The molecule has 4 rings (SSSR count). The third-order valence-electron chi connectivity index (χ3n) is 5.25. The molecular formula is C28H26N6O. The highest BCUT2D eigenvalue weighted by atomic mass is 16.5. The van der Waals surface area contributed by atoms with Gasteiger partial charge in [0, 0.05) is 29.2 Å². The molecule has 174 valence electrons. The first kappa shape index (κ1) is 23.3. The maximum absolute atomic E-state index is 8.05. The Labute approximate surface area is 204 Å². The van der Waals surface area contributed by atoms with Gasteiger partial charge in [0.15, 0.2) is 0 Å². The molecule has 0 atom stereocenters. The fourth-order valence-corrected chi connectivity index (χ4v) is 3.54. The SMILES string of the molecule is N=C(N)c1c(N)cc(C(C=NCc2ccccc2)=CN)nc1-c1ccc(Oc2ccccc2)cc1. The second kappa shape index (κ2) is 10.8. The molecule has 0 bridgehead atoms. The topological polar surface area (TPSA) is 136 Å². The maximum atomic E-state index is 8.05. The van der Waals surface area contributed by atoms with Crippen LogP contribution in [0.4, 0.5) is 5.69 Å². The molecule has 4 aromatic rings. The number of nitrogens with zero attached hydrogens (tertiary/aromatic N) is 2. The van der Waals surface area contributed by atoms with Crippen LogP contribution in [-0.4, -0.2) is 17.0 Å². The van der Waals surface area contributed by atoms with Crippen molar-refractivity contribution in [2.75, 3.05) is 5.73 Å². The average Bonchev–Trinajstić information content (AvgIpc) is 2.87. The Hall–Kier alpha value is -4.91. The van der Waals surface area contributed by atoms with E-state index in [1.54, 1.807) is 12.3 Å². The lowest BCUT2D eigenvalue weighted by Crippen LogP contribution is -2.17. The zero-order valence-electron chi connectivity index (χ0n) is 19.1. The Kier molecular flexibility index (Phi) is 7.18. The van der Waals surface area contributed by atoms with Crippen LogP contribution < -0.4 is 21.9 Å². The number of amidine groups is 1. The van der Waals surface area contributed by atoms with Gasteiger partial charge in [0.05, 0.1) is 23.5 Å². The zero-order valence-corrected chi connectivity index (χ0v) is 19.1. The molecule has 7 heteroatoms. The number of rotatable bonds is 8. The Bertz CT molecular complexity index is 1360. The third-order valence-corrected chi connectivity index (χ3v) is 5.25. The third kappa shape index (κ3) is 5.72. The van der Waals surface area contributed by atoms with E-state index >= 15 is 0 Å². The molecule has 0 aliphatic heterocycles. The second-order valence-corrected chi connectivity index (χ2v) is 7.75. The Morgan fingerprint density at radius 2 is 1.54 bits per heavy atom. The molecule has 0 aliphatic rings. The molecule has 0 amide bonds. The minimum Gasteiger partial charge on any atom is -0.457 e. The first-order valence-electron chi connectivity index (χ1n) is 11.0. The molecule has 0 spiro atoms. The van der Waals surface area contributed by atoms with Gasteiger partial charge in [0.2, 0.25) is 0 Å². The molecule has 35 heavy (non-hydrogen) atoms. The molecule has 0 fully saturated rings. The van der Waals surface area contributed by atoms with E-state index in [0.717, 1.165) is 16.9 Å². The Morgan fingerprint density at radius 1 is 0.914 bits per heavy atom. The summed E-state index contributed by atoms with van der Waals surface area (Å²) in [5.41, 5.74) is 22.2.